The van der Waals surface area contributed by atoms with E-state index in [1.807, 2.05) is 35.3 Å². The van der Waals surface area contributed by atoms with Crippen molar-refractivity contribution < 1.29 is 13.3 Å². The molecule has 0 fully saturated rings. The zero-order valence-electron chi connectivity index (χ0n) is 15.8. The van der Waals surface area contributed by atoms with Crippen LogP contribution in [0.2, 0.25) is 39.3 Å². The topological polar surface area (TPSA) is 27.7 Å². The van der Waals surface area contributed by atoms with Crippen molar-refractivity contribution in [3.05, 3.63) is 55.0 Å². The van der Waals surface area contributed by atoms with Crippen molar-refractivity contribution in [3.63, 3.8) is 0 Å². The molecule has 1 aromatic carbocycles. The quantitative estimate of drug-likeness (QED) is 0.522. The van der Waals surface area contributed by atoms with Crippen molar-refractivity contribution in [3.8, 4) is 17.2 Å². The maximum atomic E-state index is 6.34. The van der Waals surface area contributed by atoms with Gasteiger partial charge in [0.05, 0.1) is 0 Å². The fraction of sp³-hybridized carbons (Fsp3) is 0.333. The smallest absolute Gasteiger partial charge is 0.269 e. The van der Waals surface area contributed by atoms with E-state index in [0.29, 0.717) is 17.2 Å². The van der Waals surface area contributed by atoms with Crippen molar-refractivity contribution >= 4 is 25.0 Å². The molecule has 24 heavy (non-hydrogen) atoms. The first kappa shape index (κ1) is 20.5. The van der Waals surface area contributed by atoms with Crippen molar-refractivity contribution in [1.29, 1.82) is 0 Å². The molecule has 1 aromatic rings. The Morgan fingerprint density at radius 3 is 1.33 bits per heavy atom. The van der Waals surface area contributed by atoms with E-state index in [1.165, 1.54) is 0 Å². The molecule has 0 aromatic heterocycles. The van der Waals surface area contributed by atoms with Gasteiger partial charge in [-0.15, -0.1) is 19.7 Å². The summed E-state index contributed by atoms with van der Waals surface area (Å²) in [5.74, 6) is 2.08. The van der Waals surface area contributed by atoms with Gasteiger partial charge in [0.1, 0.15) is 11.5 Å². The van der Waals surface area contributed by atoms with Crippen molar-refractivity contribution in [2.75, 3.05) is 0 Å². The molecule has 132 valence electrons. The molecule has 6 heteroatoms. The highest BCUT2D eigenvalue weighted by Gasteiger charge is 2.29. The molecule has 0 heterocycles. The van der Waals surface area contributed by atoms with Crippen LogP contribution in [0.4, 0.5) is 0 Å². The third-order valence-electron chi connectivity index (χ3n) is 3.53. The Morgan fingerprint density at radius 2 is 1.00 bits per heavy atom. The molecule has 0 aliphatic rings. The molecule has 0 aliphatic heterocycles. The van der Waals surface area contributed by atoms with Gasteiger partial charge in [-0.05, 0) is 51.4 Å². The molecule has 0 aliphatic carbocycles. The van der Waals surface area contributed by atoms with E-state index in [4.69, 9.17) is 13.3 Å². The van der Waals surface area contributed by atoms with Crippen LogP contribution in [0, 0.1) is 0 Å². The van der Waals surface area contributed by atoms with Crippen molar-refractivity contribution in [2.24, 2.45) is 0 Å². The lowest BCUT2D eigenvalue weighted by Crippen LogP contribution is -2.36. The molecule has 0 bridgehead atoms. The molecular formula is C18H30O3Si3. The molecule has 1 rings (SSSR count). The second kappa shape index (κ2) is 7.59. The molecule has 3 nitrogen and oxygen atoms in total. The van der Waals surface area contributed by atoms with Crippen LogP contribution in [-0.2, 0) is 0 Å². The average Bonchev–Trinajstić information content (AvgIpc) is 2.50. The van der Waals surface area contributed by atoms with E-state index >= 15 is 0 Å². The largest absolute Gasteiger partial charge is 0.538 e. The summed E-state index contributed by atoms with van der Waals surface area (Å²) < 4.78 is 18.9. The van der Waals surface area contributed by atoms with Gasteiger partial charge < -0.3 is 13.3 Å². The number of hydrogen-bond donors (Lipinski definition) is 0. The normalized spacial score (nSPS) is 12.2. The van der Waals surface area contributed by atoms with E-state index in [0.717, 1.165) is 0 Å². The fourth-order valence-corrected chi connectivity index (χ4v) is 4.14. The Bertz CT molecular complexity index is 582. The molecule has 0 spiro atoms. The SMILES string of the molecule is C=C[Si](C)(C)Oc1cccc(O[Si](C)(C)C=C)c1O[Si](C)(C)C=C. The molecular weight excluding hydrogens is 348 g/mol. The minimum Gasteiger partial charge on any atom is -0.538 e. The van der Waals surface area contributed by atoms with Crippen LogP contribution in [0.5, 0.6) is 17.2 Å². The summed E-state index contributed by atoms with van der Waals surface area (Å²) in [6.07, 6.45) is 0. The molecule has 0 saturated carbocycles. The van der Waals surface area contributed by atoms with Crippen LogP contribution in [0.25, 0.3) is 0 Å². The molecule has 0 N–H and O–H groups in total. The molecule has 0 amide bonds. The first-order valence-corrected chi connectivity index (χ1v) is 17.0. The molecule has 0 saturated heterocycles. The Balaban J connectivity index is 3.40. The van der Waals surface area contributed by atoms with Gasteiger partial charge in [-0.1, -0.05) is 23.2 Å². The van der Waals surface area contributed by atoms with Crippen LogP contribution < -0.4 is 13.3 Å². The minimum absolute atomic E-state index is 0.666. The average molecular weight is 379 g/mol. The third-order valence-corrected chi connectivity index (χ3v) is 8.70. The fourth-order valence-electron chi connectivity index (χ4n) is 1.71. The van der Waals surface area contributed by atoms with Crippen molar-refractivity contribution in [1.82, 2.24) is 0 Å². The molecule has 0 atom stereocenters. The van der Waals surface area contributed by atoms with E-state index in [-0.39, 0.29) is 0 Å². The second-order valence-electron chi connectivity index (χ2n) is 7.31. The number of hydrogen-bond acceptors (Lipinski definition) is 3. The van der Waals surface area contributed by atoms with Crippen LogP contribution in [-0.4, -0.2) is 25.0 Å². The van der Waals surface area contributed by atoms with Crippen LogP contribution >= 0.6 is 0 Å². The van der Waals surface area contributed by atoms with Gasteiger partial charge in [0.25, 0.3) is 25.0 Å². The predicted molar refractivity (Wildman–Crippen MR) is 111 cm³/mol. The summed E-state index contributed by atoms with van der Waals surface area (Å²) in [5, 5.41) is 0. The van der Waals surface area contributed by atoms with Crippen LogP contribution in [0.1, 0.15) is 0 Å². The van der Waals surface area contributed by atoms with E-state index in [1.54, 1.807) is 0 Å². The lowest BCUT2D eigenvalue weighted by Gasteiger charge is -2.30. The second-order valence-corrected chi connectivity index (χ2v) is 18.8. The Labute approximate surface area is 150 Å². The summed E-state index contributed by atoms with van der Waals surface area (Å²) in [6, 6.07) is 5.79. The van der Waals surface area contributed by atoms with Gasteiger partial charge >= 0.3 is 0 Å². The van der Waals surface area contributed by atoms with Crippen LogP contribution in [0.3, 0.4) is 0 Å². The third kappa shape index (κ3) is 5.85. The first-order valence-electron chi connectivity index (χ1n) is 8.06. The monoisotopic (exact) mass is 378 g/mol. The highest BCUT2D eigenvalue weighted by atomic mass is 28.4. The summed E-state index contributed by atoms with van der Waals surface area (Å²) >= 11 is 0. The lowest BCUT2D eigenvalue weighted by molar-refractivity contribution is 0.459. The van der Waals surface area contributed by atoms with Crippen molar-refractivity contribution in [2.45, 2.75) is 39.3 Å². The zero-order valence-corrected chi connectivity index (χ0v) is 18.8. The number of para-hydroxylation sites is 1. The van der Waals surface area contributed by atoms with E-state index < -0.39 is 25.0 Å². The summed E-state index contributed by atoms with van der Waals surface area (Å²) in [7, 11) is -6.10. The maximum absolute atomic E-state index is 6.34. The Morgan fingerprint density at radius 1 is 0.667 bits per heavy atom. The van der Waals surface area contributed by atoms with Gasteiger partial charge in [-0.3, -0.25) is 0 Å². The summed E-state index contributed by atoms with van der Waals surface area (Å²) in [4.78, 5) is 0. The maximum Gasteiger partial charge on any atom is 0.269 e. The first-order chi connectivity index (χ1) is 11.0. The highest BCUT2D eigenvalue weighted by molar-refractivity contribution is 6.78. The Kier molecular flexibility index (Phi) is 6.49. The standard InChI is InChI=1S/C18H30O3Si3/c1-10-22(4,5)19-16-14-13-15-17(20-23(6,7)11-2)18(16)21-24(8,9)12-3/h10-15H,1-3H2,4-9H3. The molecule has 0 radical (unpaired) electrons. The zero-order chi connectivity index (χ0) is 18.6. The summed E-state index contributed by atoms with van der Waals surface area (Å²) in [5.41, 5.74) is 5.71. The highest BCUT2D eigenvalue weighted by Crippen LogP contribution is 2.41. The van der Waals surface area contributed by atoms with Gasteiger partial charge in [0.2, 0.25) is 0 Å². The Hall–Kier alpha value is -1.51. The van der Waals surface area contributed by atoms with Crippen LogP contribution in [0.15, 0.2) is 55.0 Å². The van der Waals surface area contributed by atoms with Gasteiger partial charge in [-0.2, -0.15) is 0 Å². The lowest BCUT2D eigenvalue weighted by atomic mass is 10.3. The molecule has 0 unspecified atom stereocenters. The number of rotatable bonds is 9. The summed E-state index contributed by atoms with van der Waals surface area (Å²) in [6.45, 7) is 24.3. The van der Waals surface area contributed by atoms with Gasteiger partial charge in [0.15, 0.2) is 5.75 Å². The van der Waals surface area contributed by atoms with Gasteiger partial charge in [0, 0.05) is 0 Å². The van der Waals surface area contributed by atoms with E-state index in [2.05, 4.69) is 59.0 Å². The van der Waals surface area contributed by atoms with Gasteiger partial charge in [-0.25, -0.2) is 0 Å². The minimum atomic E-state index is -2.07. The predicted octanol–water partition coefficient (Wildman–Crippen LogP) is 5.61. The number of benzene rings is 1. The van der Waals surface area contributed by atoms with E-state index in [9.17, 15) is 0 Å².